The molecule has 2 N–H and O–H groups in total. The molecule has 2 atom stereocenters. The van der Waals surface area contributed by atoms with E-state index in [2.05, 4.69) is 15.7 Å². The molecule has 0 unspecified atom stereocenters. The van der Waals surface area contributed by atoms with Crippen LogP contribution in [0.4, 0.5) is 0 Å². The Hall–Kier alpha value is -3.56. The zero-order valence-electron chi connectivity index (χ0n) is 21.0. The van der Waals surface area contributed by atoms with Crippen LogP contribution in [0.3, 0.4) is 0 Å². The predicted molar refractivity (Wildman–Crippen MR) is 131 cm³/mol. The van der Waals surface area contributed by atoms with Gasteiger partial charge in [0.05, 0.1) is 12.6 Å². The molecule has 5 rings (SSSR count). The van der Waals surface area contributed by atoms with Crippen molar-refractivity contribution in [2.75, 3.05) is 20.3 Å². The van der Waals surface area contributed by atoms with Crippen molar-refractivity contribution in [3.05, 3.63) is 41.2 Å². The van der Waals surface area contributed by atoms with Crippen LogP contribution in [0.2, 0.25) is 0 Å². The SMILES string of the molecule is C[C@H](NC(=O)c1cc2n(n1)C[C@](C)(C(=O)NC1CCCCC1)N(C)C2=O)c1ccc2c(c1)OCCO2. The van der Waals surface area contributed by atoms with Crippen LogP contribution < -0.4 is 20.1 Å². The Bertz CT molecular complexity index is 1190. The highest BCUT2D eigenvalue weighted by Crippen LogP contribution is 2.33. The second-order valence-corrected chi connectivity index (χ2v) is 10.1. The van der Waals surface area contributed by atoms with Gasteiger partial charge in [0.15, 0.2) is 17.2 Å². The van der Waals surface area contributed by atoms with E-state index in [1.54, 1.807) is 14.0 Å². The first-order chi connectivity index (χ1) is 17.3. The monoisotopic (exact) mass is 495 g/mol. The van der Waals surface area contributed by atoms with E-state index < -0.39 is 11.4 Å². The number of ether oxygens (including phenoxy) is 2. The number of hydrogen-bond donors (Lipinski definition) is 2. The van der Waals surface area contributed by atoms with Gasteiger partial charge in [-0.2, -0.15) is 5.10 Å². The predicted octanol–water partition coefficient (Wildman–Crippen LogP) is 2.44. The number of benzene rings is 1. The summed E-state index contributed by atoms with van der Waals surface area (Å²) in [6.45, 7) is 4.78. The van der Waals surface area contributed by atoms with E-state index in [4.69, 9.17) is 9.47 Å². The average Bonchev–Trinajstić information content (AvgIpc) is 3.31. The van der Waals surface area contributed by atoms with Gasteiger partial charge in [-0.25, -0.2) is 0 Å². The Morgan fingerprint density at radius 2 is 1.83 bits per heavy atom. The molecule has 2 aromatic rings. The first-order valence-electron chi connectivity index (χ1n) is 12.6. The minimum absolute atomic E-state index is 0.132. The number of hydrogen-bond acceptors (Lipinski definition) is 6. The standard InChI is InChI=1S/C26H33N5O5/c1-16(17-9-10-21-22(13-17)36-12-11-35-21)27-23(32)19-14-20-24(33)30(3)26(2,15-31(20)29-19)25(34)28-18-7-5-4-6-8-18/h9-10,13-14,16,18H,4-8,11-12,15H2,1-3H3,(H,27,32)(H,28,34)/t16-,26+/m0/s1. The Kier molecular flexibility index (Phi) is 6.36. The Morgan fingerprint density at radius 3 is 2.58 bits per heavy atom. The molecule has 0 bridgehead atoms. The summed E-state index contributed by atoms with van der Waals surface area (Å²) < 4.78 is 12.7. The smallest absolute Gasteiger partial charge is 0.272 e. The van der Waals surface area contributed by atoms with E-state index in [-0.39, 0.29) is 41.8 Å². The lowest BCUT2D eigenvalue weighted by Crippen LogP contribution is -2.63. The van der Waals surface area contributed by atoms with E-state index in [0.29, 0.717) is 24.7 Å². The molecule has 1 saturated carbocycles. The Balaban J connectivity index is 1.30. The summed E-state index contributed by atoms with van der Waals surface area (Å²) in [6, 6.07) is 6.86. The Morgan fingerprint density at radius 1 is 1.11 bits per heavy atom. The zero-order chi connectivity index (χ0) is 25.4. The molecule has 0 radical (unpaired) electrons. The summed E-state index contributed by atoms with van der Waals surface area (Å²) in [5.41, 5.74) is 0.185. The van der Waals surface area contributed by atoms with Gasteiger partial charge in [-0.15, -0.1) is 0 Å². The number of carbonyl (C=O) groups is 3. The maximum absolute atomic E-state index is 13.3. The van der Waals surface area contributed by atoms with Crippen LogP contribution in [-0.2, 0) is 11.3 Å². The number of amides is 3. The number of aromatic nitrogens is 2. The van der Waals surface area contributed by atoms with E-state index >= 15 is 0 Å². The number of nitrogens with zero attached hydrogens (tertiary/aromatic N) is 3. The zero-order valence-corrected chi connectivity index (χ0v) is 21.0. The van der Waals surface area contributed by atoms with Crippen molar-refractivity contribution in [2.45, 2.75) is 70.1 Å². The number of nitrogens with one attached hydrogen (secondary N) is 2. The van der Waals surface area contributed by atoms with Gasteiger partial charge in [0, 0.05) is 19.2 Å². The first-order valence-corrected chi connectivity index (χ1v) is 12.6. The second kappa shape index (κ2) is 9.48. The minimum Gasteiger partial charge on any atom is -0.486 e. The van der Waals surface area contributed by atoms with E-state index in [0.717, 1.165) is 31.2 Å². The van der Waals surface area contributed by atoms with Gasteiger partial charge in [0.1, 0.15) is 24.4 Å². The normalized spacial score (nSPS) is 22.5. The summed E-state index contributed by atoms with van der Waals surface area (Å²) in [6.07, 6.45) is 5.30. The fourth-order valence-electron chi connectivity index (χ4n) is 5.11. The van der Waals surface area contributed by atoms with Crippen LogP contribution in [0.1, 0.15) is 78.5 Å². The van der Waals surface area contributed by atoms with Crippen LogP contribution in [0.15, 0.2) is 24.3 Å². The molecule has 1 aliphatic carbocycles. The second-order valence-electron chi connectivity index (χ2n) is 10.1. The Labute approximate surface area is 210 Å². The van der Waals surface area contributed by atoms with Crippen LogP contribution >= 0.6 is 0 Å². The quantitative estimate of drug-likeness (QED) is 0.659. The highest BCUT2D eigenvalue weighted by molar-refractivity contribution is 6.01. The van der Waals surface area contributed by atoms with Crippen molar-refractivity contribution >= 4 is 17.7 Å². The lowest BCUT2D eigenvalue weighted by molar-refractivity contribution is -0.133. The molecule has 1 aromatic heterocycles. The molecular weight excluding hydrogens is 462 g/mol. The van der Waals surface area contributed by atoms with E-state index in [1.807, 2.05) is 25.1 Å². The van der Waals surface area contributed by atoms with Crippen molar-refractivity contribution < 1.29 is 23.9 Å². The molecule has 10 heteroatoms. The summed E-state index contributed by atoms with van der Waals surface area (Å²) in [4.78, 5) is 40.9. The highest BCUT2D eigenvalue weighted by Gasteiger charge is 2.46. The third-order valence-corrected chi connectivity index (χ3v) is 7.58. The van der Waals surface area contributed by atoms with Gasteiger partial charge >= 0.3 is 0 Å². The summed E-state index contributed by atoms with van der Waals surface area (Å²) in [5, 5.41) is 10.5. The highest BCUT2D eigenvalue weighted by atomic mass is 16.6. The largest absolute Gasteiger partial charge is 0.486 e. The molecule has 0 saturated heterocycles. The molecule has 10 nitrogen and oxygen atoms in total. The fraction of sp³-hybridized carbons (Fsp3) is 0.538. The number of fused-ring (bicyclic) bond motifs is 2. The van der Waals surface area contributed by atoms with E-state index in [9.17, 15) is 14.4 Å². The van der Waals surface area contributed by atoms with Crippen molar-refractivity contribution in [3.63, 3.8) is 0 Å². The van der Waals surface area contributed by atoms with Crippen LogP contribution in [0.5, 0.6) is 11.5 Å². The van der Waals surface area contributed by atoms with Gasteiger partial charge < -0.3 is 25.0 Å². The van der Waals surface area contributed by atoms with Crippen LogP contribution in [-0.4, -0.2) is 64.2 Å². The molecule has 36 heavy (non-hydrogen) atoms. The van der Waals surface area contributed by atoms with Crippen LogP contribution in [0, 0.1) is 0 Å². The third-order valence-electron chi connectivity index (χ3n) is 7.58. The molecule has 3 amide bonds. The number of likely N-dealkylation sites (N-methyl/N-ethyl adjacent to an activating group) is 1. The molecule has 1 aromatic carbocycles. The first kappa shape index (κ1) is 24.1. The van der Waals surface area contributed by atoms with Crippen molar-refractivity contribution in [1.29, 1.82) is 0 Å². The topological polar surface area (TPSA) is 115 Å². The van der Waals surface area contributed by atoms with Gasteiger partial charge in [-0.05, 0) is 44.4 Å². The van der Waals surface area contributed by atoms with E-state index in [1.165, 1.54) is 22.1 Å². The molecule has 2 aliphatic heterocycles. The molecule has 1 fully saturated rings. The van der Waals surface area contributed by atoms with Crippen molar-refractivity contribution in [1.82, 2.24) is 25.3 Å². The van der Waals surface area contributed by atoms with Crippen molar-refractivity contribution in [3.8, 4) is 11.5 Å². The molecule has 3 heterocycles. The maximum atomic E-state index is 13.3. The number of rotatable bonds is 5. The minimum atomic E-state index is -1.10. The summed E-state index contributed by atoms with van der Waals surface area (Å²) in [5.74, 6) is 0.405. The van der Waals surface area contributed by atoms with Gasteiger partial charge in [-0.1, -0.05) is 25.3 Å². The van der Waals surface area contributed by atoms with Crippen LogP contribution in [0.25, 0.3) is 0 Å². The summed E-state index contributed by atoms with van der Waals surface area (Å²) >= 11 is 0. The summed E-state index contributed by atoms with van der Waals surface area (Å²) in [7, 11) is 1.63. The molecular formula is C26H33N5O5. The fourth-order valence-corrected chi connectivity index (χ4v) is 5.11. The van der Waals surface area contributed by atoms with Gasteiger partial charge in [0.25, 0.3) is 11.8 Å². The molecule has 3 aliphatic rings. The molecule has 192 valence electrons. The van der Waals surface area contributed by atoms with Gasteiger partial charge in [0.2, 0.25) is 5.91 Å². The van der Waals surface area contributed by atoms with Crippen molar-refractivity contribution in [2.24, 2.45) is 0 Å². The average molecular weight is 496 g/mol. The third kappa shape index (κ3) is 4.40. The lowest BCUT2D eigenvalue weighted by Gasteiger charge is -2.41. The molecule has 0 spiro atoms. The number of carbonyl (C=O) groups excluding carboxylic acids is 3. The van der Waals surface area contributed by atoms with Gasteiger partial charge in [-0.3, -0.25) is 19.1 Å². The lowest BCUT2D eigenvalue weighted by atomic mass is 9.92. The maximum Gasteiger partial charge on any atom is 0.272 e.